The van der Waals surface area contributed by atoms with Crippen molar-refractivity contribution in [2.75, 3.05) is 0 Å². The van der Waals surface area contributed by atoms with Crippen LogP contribution in [0.3, 0.4) is 0 Å². The van der Waals surface area contributed by atoms with Crippen molar-refractivity contribution in [2.45, 2.75) is 62.2 Å². The number of rotatable bonds is 1. The fourth-order valence-corrected chi connectivity index (χ4v) is 5.79. The van der Waals surface area contributed by atoms with Crippen molar-refractivity contribution in [3.05, 3.63) is 29.8 Å². The summed E-state index contributed by atoms with van der Waals surface area (Å²) in [6.07, 6.45) is 2.08. The molecule has 3 aliphatic rings. The first-order valence-electron chi connectivity index (χ1n) is 8.50. The molecule has 1 aliphatic carbocycles. The molecule has 1 saturated carbocycles. The summed E-state index contributed by atoms with van der Waals surface area (Å²) in [7, 11) is 0. The van der Waals surface area contributed by atoms with Crippen LogP contribution < -0.4 is 4.74 Å². The molecule has 0 radical (unpaired) electrons. The highest BCUT2D eigenvalue weighted by Crippen LogP contribution is 2.67. The van der Waals surface area contributed by atoms with Crippen LogP contribution in [0.4, 0.5) is 0 Å². The van der Waals surface area contributed by atoms with Gasteiger partial charge in [0.2, 0.25) is 0 Å². The Labute approximate surface area is 148 Å². The lowest BCUT2D eigenvalue weighted by atomic mass is 9.72. The molecular weight excluding hydrogens is 331 g/mol. The van der Waals surface area contributed by atoms with E-state index in [1.54, 1.807) is 0 Å². The number of hydrogen-bond acceptors (Lipinski definition) is 2. The SMILES string of the molecule is C[C@H]1[C@@H]([C@]2(C)CC[C@@H]3[C@@H](O2)c2ccccc2OC3(C)C)C1(Cl)Cl. The predicted octanol–water partition coefficient (Wildman–Crippen LogP) is 5.52. The van der Waals surface area contributed by atoms with Gasteiger partial charge < -0.3 is 9.47 Å². The Kier molecular flexibility index (Phi) is 3.35. The van der Waals surface area contributed by atoms with E-state index in [-0.39, 0.29) is 29.1 Å². The number of ether oxygens (including phenoxy) is 2. The van der Waals surface area contributed by atoms with E-state index in [4.69, 9.17) is 32.7 Å². The molecule has 1 aromatic carbocycles. The topological polar surface area (TPSA) is 18.5 Å². The van der Waals surface area contributed by atoms with E-state index >= 15 is 0 Å². The second-order valence-electron chi connectivity index (χ2n) is 8.18. The minimum Gasteiger partial charge on any atom is -0.487 e. The number of fused-ring (bicyclic) bond motifs is 3. The van der Waals surface area contributed by atoms with E-state index in [0.29, 0.717) is 5.92 Å². The molecule has 0 bridgehead atoms. The quantitative estimate of drug-likeness (QED) is 0.617. The number of para-hydroxylation sites is 1. The minimum absolute atomic E-state index is 0.0469. The number of alkyl halides is 2. The van der Waals surface area contributed by atoms with Crippen LogP contribution in [0.2, 0.25) is 0 Å². The van der Waals surface area contributed by atoms with E-state index < -0.39 is 4.33 Å². The Bertz CT molecular complexity index is 642. The summed E-state index contributed by atoms with van der Waals surface area (Å²) in [5.41, 5.74) is 0.657. The maximum Gasteiger partial charge on any atom is 0.127 e. The highest BCUT2D eigenvalue weighted by Gasteiger charge is 2.69. The van der Waals surface area contributed by atoms with Gasteiger partial charge in [0.1, 0.15) is 15.7 Å². The van der Waals surface area contributed by atoms with Gasteiger partial charge in [-0.25, -0.2) is 0 Å². The van der Waals surface area contributed by atoms with E-state index in [9.17, 15) is 0 Å². The Morgan fingerprint density at radius 1 is 1.13 bits per heavy atom. The van der Waals surface area contributed by atoms with Gasteiger partial charge in [-0.1, -0.05) is 25.1 Å². The molecule has 1 aromatic rings. The molecule has 0 spiro atoms. The second kappa shape index (κ2) is 4.80. The molecule has 2 aliphatic heterocycles. The van der Waals surface area contributed by atoms with Crippen molar-refractivity contribution in [3.63, 3.8) is 0 Å². The summed E-state index contributed by atoms with van der Waals surface area (Å²) in [6, 6.07) is 8.23. The molecule has 2 heterocycles. The first kappa shape index (κ1) is 16.1. The lowest BCUT2D eigenvalue weighted by Crippen LogP contribution is -2.52. The van der Waals surface area contributed by atoms with Gasteiger partial charge in [-0.3, -0.25) is 0 Å². The molecule has 23 heavy (non-hydrogen) atoms. The smallest absolute Gasteiger partial charge is 0.127 e. The van der Waals surface area contributed by atoms with Crippen molar-refractivity contribution < 1.29 is 9.47 Å². The minimum atomic E-state index is -0.651. The third kappa shape index (κ3) is 2.25. The van der Waals surface area contributed by atoms with E-state index in [0.717, 1.165) is 24.2 Å². The third-order valence-corrected chi connectivity index (χ3v) is 7.43. The molecule has 0 unspecified atom stereocenters. The van der Waals surface area contributed by atoms with Crippen LogP contribution in [0, 0.1) is 17.8 Å². The first-order valence-corrected chi connectivity index (χ1v) is 9.26. The van der Waals surface area contributed by atoms with Crippen molar-refractivity contribution in [1.29, 1.82) is 0 Å². The summed E-state index contributed by atoms with van der Waals surface area (Å²) in [5, 5.41) is 0. The van der Waals surface area contributed by atoms with Gasteiger partial charge in [-0.05, 0) is 45.6 Å². The van der Waals surface area contributed by atoms with Crippen molar-refractivity contribution in [2.24, 2.45) is 17.8 Å². The fourth-order valence-electron chi connectivity index (χ4n) is 4.83. The van der Waals surface area contributed by atoms with Gasteiger partial charge in [-0.2, -0.15) is 0 Å². The molecule has 2 nitrogen and oxygen atoms in total. The van der Waals surface area contributed by atoms with Gasteiger partial charge in [0.15, 0.2) is 0 Å². The molecule has 5 atom stereocenters. The molecule has 0 aromatic heterocycles. The van der Waals surface area contributed by atoms with Gasteiger partial charge in [-0.15, -0.1) is 23.2 Å². The summed E-state index contributed by atoms with van der Waals surface area (Å²) < 4.78 is 12.3. The molecular formula is C19H24Cl2O2. The third-order valence-electron chi connectivity index (χ3n) is 6.28. The molecule has 4 heteroatoms. The number of benzene rings is 1. The van der Waals surface area contributed by atoms with Crippen LogP contribution in [0.25, 0.3) is 0 Å². The number of hydrogen-bond donors (Lipinski definition) is 0. The summed E-state index contributed by atoms with van der Waals surface area (Å²) in [5.74, 6) is 1.75. The summed E-state index contributed by atoms with van der Waals surface area (Å²) >= 11 is 12.9. The van der Waals surface area contributed by atoms with Crippen LogP contribution in [0.1, 0.15) is 52.2 Å². The predicted molar refractivity (Wildman–Crippen MR) is 93.2 cm³/mol. The standard InChI is InChI=1S/C19H24Cl2O2/c1-11-16(19(11,20)21)18(4)10-9-13-15(23-18)12-7-5-6-8-14(12)22-17(13,2)3/h5-8,11,13,15-16H,9-10H2,1-4H3/t11-,13+,15-,16-,18-/m0/s1. The summed E-state index contributed by atoms with van der Waals surface area (Å²) in [6.45, 7) is 8.63. The fraction of sp³-hybridized carbons (Fsp3) is 0.684. The number of halogens is 2. The van der Waals surface area contributed by atoms with Crippen LogP contribution >= 0.6 is 23.2 Å². The van der Waals surface area contributed by atoms with Crippen LogP contribution in [0.15, 0.2) is 24.3 Å². The Hall–Kier alpha value is -0.440. The van der Waals surface area contributed by atoms with Gasteiger partial charge >= 0.3 is 0 Å². The van der Waals surface area contributed by atoms with Crippen LogP contribution in [-0.4, -0.2) is 15.5 Å². The monoisotopic (exact) mass is 354 g/mol. The average Bonchev–Trinajstić information content (AvgIpc) is 2.97. The zero-order chi connectivity index (χ0) is 16.6. The average molecular weight is 355 g/mol. The Balaban J connectivity index is 1.71. The maximum absolute atomic E-state index is 6.72. The van der Waals surface area contributed by atoms with Crippen LogP contribution in [-0.2, 0) is 4.74 Å². The molecule has 2 fully saturated rings. The van der Waals surface area contributed by atoms with Crippen molar-refractivity contribution >= 4 is 23.2 Å². The highest BCUT2D eigenvalue weighted by atomic mass is 35.5. The molecule has 126 valence electrons. The maximum atomic E-state index is 6.72. The van der Waals surface area contributed by atoms with E-state index in [1.165, 1.54) is 0 Å². The van der Waals surface area contributed by atoms with Crippen molar-refractivity contribution in [1.82, 2.24) is 0 Å². The second-order valence-corrected chi connectivity index (χ2v) is 9.62. The zero-order valence-electron chi connectivity index (χ0n) is 14.1. The molecule has 1 saturated heterocycles. The van der Waals surface area contributed by atoms with E-state index in [1.807, 2.05) is 12.1 Å². The van der Waals surface area contributed by atoms with Gasteiger partial charge in [0.05, 0.1) is 11.7 Å². The Morgan fingerprint density at radius 2 is 1.78 bits per heavy atom. The van der Waals surface area contributed by atoms with E-state index in [2.05, 4.69) is 39.8 Å². The molecule has 0 N–H and O–H groups in total. The van der Waals surface area contributed by atoms with Crippen LogP contribution in [0.5, 0.6) is 5.75 Å². The van der Waals surface area contributed by atoms with Crippen molar-refractivity contribution in [3.8, 4) is 5.75 Å². The lowest BCUT2D eigenvalue weighted by Gasteiger charge is -2.52. The van der Waals surface area contributed by atoms with Gasteiger partial charge in [0.25, 0.3) is 0 Å². The first-order chi connectivity index (χ1) is 10.7. The van der Waals surface area contributed by atoms with Gasteiger partial charge in [0, 0.05) is 17.4 Å². The lowest BCUT2D eigenvalue weighted by molar-refractivity contribution is -0.199. The zero-order valence-corrected chi connectivity index (χ0v) is 15.6. The Morgan fingerprint density at radius 3 is 2.43 bits per heavy atom. The summed E-state index contributed by atoms with van der Waals surface area (Å²) in [4.78, 5) is 0. The molecule has 4 rings (SSSR count). The normalized spacial score (nSPS) is 43.0. The highest BCUT2D eigenvalue weighted by molar-refractivity contribution is 6.51. The largest absolute Gasteiger partial charge is 0.487 e. The molecule has 0 amide bonds.